The summed E-state index contributed by atoms with van der Waals surface area (Å²) in [4.78, 5) is 38.9. The van der Waals surface area contributed by atoms with Crippen LogP contribution in [0.25, 0.3) is 11.2 Å². The number of aliphatic hydroxyl groups excluding tert-OH is 1. The number of hydrogen-bond donors (Lipinski definition) is 3. The lowest BCUT2D eigenvalue weighted by atomic mass is 9.92. The number of carbonyl (C=O) groups excluding carboxylic acids is 2. The molecule has 3 aliphatic rings. The number of carbonyl (C=O) groups is 2. The largest absolute Gasteiger partial charge is 0.453 e. The predicted octanol–water partition coefficient (Wildman–Crippen LogP) is 0.308. The van der Waals surface area contributed by atoms with Crippen molar-refractivity contribution < 1.29 is 24.2 Å². The van der Waals surface area contributed by atoms with Crippen molar-refractivity contribution in [3.63, 3.8) is 0 Å². The zero-order valence-electron chi connectivity index (χ0n) is 18.8. The van der Waals surface area contributed by atoms with Crippen molar-refractivity contribution in [2.45, 2.75) is 69.0 Å². The number of nitrogens with zero attached hydrogens (tertiary/aromatic N) is 5. The van der Waals surface area contributed by atoms with Gasteiger partial charge in [0.05, 0.1) is 20.0 Å². The minimum absolute atomic E-state index is 0.128. The van der Waals surface area contributed by atoms with Gasteiger partial charge in [0, 0.05) is 18.5 Å². The van der Waals surface area contributed by atoms with E-state index < -0.39 is 24.5 Å². The predicted molar refractivity (Wildman–Crippen MR) is 119 cm³/mol. The molecule has 0 aromatic carbocycles. The molecule has 1 saturated heterocycles. The molecule has 12 nitrogen and oxygen atoms in total. The molecule has 1 aliphatic heterocycles. The maximum absolute atomic E-state index is 12.4. The number of nitrogens with two attached hydrogens (primary N) is 1. The van der Waals surface area contributed by atoms with Gasteiger partial charge in [0.2, 0.25) is 11.7 Å². The first-order valence-electron chi connectivity index (χ1n) is 11.4. The fourth-order valence-electron chi connectivity index (χ4n) is 4.13. The van der Waals surface area contributed by atoms with E-state index in [0.717, 1.165) is 32.1 Å². The van der Waals surface area contributed by atoms with Crippen LogP contribution in [0.5, 0.6) is 0 Å². The van der Waals surface area contributed by atoms with Crippen LogP contribution in [0.1, 0.15) is 50.6 Å². The van der Waals surface area contributed by atoms with E-state index in [4.69, 9.17) is 15.2 Å². The normalized spacial score (nSPS) is 24.2. The molecular weight excluding hydrogens is 442 g/mol. The van der Waals surface area contributed by atoms with Gasteiger partial charge in [-0.15, -0.1) is 0 Å². The smallest absolute Gasteiger partial charge is 0.410 e. The van der Waals surface area contributed by atoms with Crippen LogP contribution in [0.15, 0.2) is 6.33 Å². The van der Waals surface area contributed by atoms with Crippen molar-refractivity contribution in [1.29, 1.82) is 0 Å². The van der Waals surface area contributed by atoms with E-state index >= 15 is 0 Å². The number of nitrogen functional groups attached to an aromatic ring is 1. The summed E-state index contributed by atoms with van der Waals surface area (Å²) in [6.07, 6.45) is 3.54. The quantitative estimate of drug-likeness (QED) is 0.524. The molecule has 2 aromatic rings. The molecule has 3 heterocycles. The summed E-state index contributed by atoms with van der Waals surface area (Å²) in [5.74, 6) is 5.84. The molecule has 12 heteroatoms. The molecule has 0 radical (unpaired) electrons. The molecule has 5 rings (SSSR count). The van der Waals surface area contributed by atoms with Crippen LogP contribution < -0.4 is 11.1 Å². The number of rotatable bonds is 5. The molecule has 2 aliphatic carbocycles. The lowest BCUT2D eigenvalue weighted by Gasteiger charge is -2.35. The summed E-state index contributed by atoms with van der Waals surface area (Å²) < 4.78 is 12.3. The second kappa shape index (κ2) is 9.08. The monoisotopic (exact) mass is 469 g/mol. The molecule has 2 amide bonds. The highest BCUT2D eigenvalue weighted by Gasteiger charge is 2.41. The van der Waals surface area contributed by atoms with E-state index in [2.05, 4.69) is 32.1 Å². The van der Waals surface area contributed by atoms with E-state index in [1.807, 2.05) is 0 Å². The Bertz CT molecular complexity index is 1160. The number of amides is 2. The highest BCUT2D eigenvalue weighted by atomic mass is 16.5. The number of aliphatic hydroxyl groups is 1. The summed E-state index contributed by atoms with van der Waals surface area (Å²) in [5, 5.41) is 13.5. The van der Waals surface area contributed by atoms with Crippen molar-refractivity contribution in [3.8, 4) is 11.8 Å². The van der Waals surface area contributed by atoms with Gasteiger partial charge in [-0.05, 0) is 38.0 Å². The highest BCUT2D eigenvalue weighted by molar-refractivity contribution is 5.83. The zero-order valence-corrected chi connectivity index (χ0v) is 18.8. The molecule has 0 spiro atoms. The Balaban J connectivity index is 1.35. The van der Waals surface area contributed by atoms with E-state index in [0.29, 0.717) is 11.2 Å². The Labute approximate surface area is 195 Å². The number of fused-ring (bicyclic) bond motifs is 1. The third-order valence-corrected chi connectivity index (χ3v) is 6.40. The summed E-state index contributed by atoms with van der Waals surface area (Å²) in [6, 6.07) is 0.331. The first-order valence-corrected chi connectivity index (χ1v) is 11.4. The Morgan fingerprint density at radius 1 is 1.35 bits per heavy atom. The minimum atomic E-state index is -0.922. The topological polar surface area (TPSA) is 158 Å². The van der Waals surface area contributed by atoms with Gasteiger partial charge in [0.25, 0.3) is 0 Å². The number of nitrogens with one attached hydrogen (secondary N) is 1. The van der Waals surface area contributed by atoms with Gasteiger partial charge in [-0.3, -0.25) is 14.3 Å². The van der Waals surface area contributed by atoms with Gasteiger partial charge in [0.1, 0.15) is 17.7 Å². The van der Waals surface area contributed by atoms with E-state index in [1.54, 1.807) is 9.47 Å². The van der Waals surface area contributed by atoms with Gasteiger partial charge in [0.15, 0.2) is 17.7 Å². The van der Waals surface area contributed by atoms with Crippen LogP contribution in [0.4, 0.5) is 10.6 Å². The standard InChI is InChI=1S/C22H27N7O5/c1-33-22(32)28(13-4-2-5-13)9-3-6-16-26-18(23)17-19(27-16)29(11-24-17)21-14(30)10-15(34-21)20(31)25-12-7-8-12/h11-15,21,30H,2,4-5,7-10H2,1H3,(H,25,31)(H2,23,26,27). The lowest BCUT2D eigenvalue weighted by molar-refractivity contribution is -0.134. The number of imidazole rings is 1. The van der Waals surface area contributed by atoms with Gasteiger partial charge >= 0.3 is 6.09 Å². The Morgan fingerprint density at radius 2 is 2.15 bits per heavy atom. The van der Waals surface area contributed by atoms with Gasteiger partial charge in [-0.25, -0.2) is 19.7 Å². The number of ether oxygens (including phenoxy) is 2. The minimum Gasteiger partial charge on any atom is -0.453 e. The van der Waals surface area contributed by atoms with Crippen molar-refractivity contribution in [1.82, 2.24) is 29.7 Å². The molecule has 2 saturated carbocycles. The van der Waals surface area contributed by atoms with Gasteiger partial charge in [-0.1, -0.05) is 5.92 Å². The van der Waals surface area contributed by atoms with Crippen LogP contribution in [-0.2, 0) is 14.3 Å². The second-order valence-corrected chi connectivity index (χ2v) is 8.84. The summed E-state index contributed by atoms with van der Waals surface area (Å²) in [6.45, 7) is 0.181. The molecule has 3 unspecified atom stereocenters. The molecule has 3 atom stereocenters. The average molecular weight is 470 g/mol. The molecular formula is C22H27N7O5. The van der Waals surface area contributed by atoms with Crippen LogP contribution in [-0.4, -0.2) is 79.5 Å². The molecule has 2 aromatic heterocycles. The van der Waals surface area contributed by atoms with Crippen LogP contribution in [0.2, 0.25) is 0 Å². The number of methoxy groups -OCH3 is 1. The Morgan fingerprint density at radius 3 is 2.82 bits per heavy atom. The third kappa shape index (κ3) is 4.36. The first kappa shape index (κ1) is 22.4. The second-order valence-electron chi connectivity index (χ2n) is 8.84. The molecule has 34 heavy (non-hydrogen) atoms. The van der Waals surface area contributed by atoms with Gasteiger partial charge < -0.3 is 25.6 Å². The van der Waals surface area contributed by atoms with Crippen molar-refractivity contribution in [2.75, 3.05) is 19.4 Å². The zero-order chi connectivity index (χ0) is 23.8. The van der Waals surface area contributed by atoms with Crippen molar-refractivity contribution in [2.24, 2.45) is 0 Å². The van der Waals surface area contributed by atoms with Crippen molar-refractivity contribution >= 4 is 29.0 Å². The molecule has 180 valence electrons. The van der Waals surface area contributed by atoms with E-state index in [-0.39, 0.29) is 42.6 Å². The number of aromatic nitrogens is 4. The van der Waals surface area contributed by atoms with E-state index in [1.165, 1.54) is 13.4 Å². The maximum atomic E-state index is 12.4. The number of hydrogen-bond acceptors (Lipinski definition) is 9. The molecule has 4 N–H and O–H groups in total. The Kier molecular flexibility index (Phi) is 5.97. The Hall–Kier alpha value is -3.43. The summed E-state index contributed by atoms with van der Waals surface area (Å²) in [5.41, 5.74) is 6.76. The third-order valence-electron chi connectivity index (χ3n) is 6.40. The van der Waals surface area contributed by atoms with Crippen LogP contribution in [0, 0.1) is 11.8 Å². The lowest BCUT2D eigenvalue weighted by Crippen LogP contribution is -2.44. The SMILES string of the molecule is COC(=O)N(CC#Cc1nc(N)c2ncn(C3OC(C(=O)NC4CC4)CC3O)c2n1)C1CCC1. The van der Waals surface area contributed by atoms with Crippen LogP contribution in [0.3, 0.4) is 0 Å². The average Bonchev–Trinajstić information content (AvgIpc) is 3.35. The fraction of sp³-hybridized carbons (Fsp3) is 0.591. The van der Waals surface area contributed by atoms with E-state index in [9.17, 15) is 14.7 Å². The van der Waals surface area contributed by atoms with Gasteiger partial charge in [-0.2, -0.15) is 0 Å². The highest BCUT2D eigenvalue weighted by Crippen LogP contribution is 2.32. The summed E-state index contributed by atoms with van der Waals surface area (Å²) in [7, 11) is 1.35. The number of anilines is 1. The van der Waals surface area contributed by atoms with Crippen molar-refractivity contribution in [3.05, 3.63) is 12.2 Å². The molecule has 3 fully saturated rings. The fourth-order valence-corrected chi connectivity index (χ4v) is 4.13. The first-order chi connectivity index (χ1) is 16.4. The molecule has 0 bridgehead atoms. The van der Waals surface area contributed by atoms with Crippen LogP contribution >= 0.6 is 0 Å². The summed E-state index contributed by atoms with van der Waals surface area (Å²) >= 11 is 0. The maximum Gasteiger partial charge on any atom is 0.410 e.